The van der Waals surface area contributed by atoms with Crippen LogP contribution in [0.4, 0.5) is 0 Å². The Balaban J connectivity index is 1.88. The van der Waals surface area contributed by atoms with Gasteiger partial charge in [0.2, 0.25) is 0 Å². The molecule has 1 unspecified atom stereocenters. The number of hydrogen-bond donors (Lipinski definition) is 0. The zero-order valence-electron chi connectivity index (χ0n) is 20.4. The fraction of sp³-hybridized carbons (Fsp3) is 0.222. The Hall–Kier alpha value is -4.11. The van der Waals surface area contributed by atoms with Gasteiger partial charge in [0, 0.05) is 0 Å². The Kier molecular flexibility index (Phi) is 7.40. The smallest absolute Gasteiger partial charge is 0.338 e. The van der Waals surface area contributed by atoms with Gasteiger partial charge in [-0.15, -0.1) is 0 Å². The average molecular weight is 507 g/mol. The second kappa shape index (κ2) is 10.7. The SMILES string of the molecule is C=CCOc1ccc(/C=c2\sc3n(c2=O)C(c2ccc(OC)c(OC)c2)C(C(=O)OC)=C(C)N=3)cc1. The Morgan fingerprint density at radius 2 is 1.83 bits per heavy atom. The highest BCUT2D eigenvalue weighted by atomic mass is 32.1. The lowest BCUT2D eigenvalue weighted by molar-refractivity contribution is -0.136. The van der Waals surface area contributed by atoms with Gasteiger partial charge in [-0.2, -0.15) is 0 Å². The third-order valence-electron chi connectivity index (χ3n) is 5.70. The van der Waals surface area contributed by atoms with Gasteiger partial charge >= 0.3 is 5.97 Å². The van der Waals surface area contributed by atoms with Crippen molar-refractivity contribution in [2.45, 2.75) is 13.0 Å². The topological polar surface area (TPSA) is 88.3 Å². The molecule has 0 saturated carbocycles. The van der Waals surface area contributed by atoms with Crippen LogP contribution < -0.4 is 29.1 Å². The molecule has 3 aromatic rings. The number of carbonyl (C=O) groups is 1. The maximum absolute atomic E-state index is 13.7. The molecule has 0 N–H and O–H groups in total. The normalized spacial score (nSPS) is 15.1. The van der Waals surface area contributed by atoms with Crippen LogP contribution in [0.15, 0.2) is 76.2 Å². The van der Waals surface area contributed by atoms with Gasteiger partial charge < -0.3 is 18.9 Å². The van der Waals surface area contributed by atoms with E-state index in [0.717, 1.165) is 5.56 Å². The van der Waals surface area contributed by atoms with Crippen molar-refractivity contribution in [3.05, 3.63) is 97.2 Å². The Labute approximate surface area is 212 Å². The molecule has 0 bridgehead atoms. The molecule has 0 saturated heterocycles. The first-order chi connectivity index (χ1) is 17.4. The summed E-state index contributed by atoms with van der Waals surface area (Å²) in [6.45, 7) is 5.79. The van der Waals surface area contributed by atoms with Gasteiger partial charge in [0.05, 0.1) is 43.2 Å². The number of allylic oxidation sites excluding steroid dienone is 1. The maximum atomic E-state index is 13.7. The van der Waals surface area contributed by atoms with Crippen LogP contribution >= 0.6 is 11.3 Å². The molecule has 36 heavy (non-hydrogen) atoms. The van der Waals surface area contributed by atoms with Gasteiger partial charge in [-0.25, -0.2) is 9.79 Å². The van der Waals surface area contributed by atoms with Gasteiger partial charge in [-0.05, 0) is 48.4 Å². The zero-order valence-corrected chi connectivity index (χ0v) is 21.3. The van der Waals surface area contributed by atoms with Crippen molar-refractivity contribution >= 4 is 23.4 Å². The largest absolute Gasteiger partial charge is 0.493 e. The number of rotatable bonds is 8. The number of carbonyl (C=O) groups excluding carboxylic acids is 1. The molecule has 0 fully saturated rings. The summed E-state index contributed by atoms with van der Waals surface area (Å²) in [5, 5.41) is 0. The molecule has 4 rings (SSSR count). The second-order valence-corrected chi connectivity index (χ2v) is 8.87. The zero-order chi connectivity index (χ0) is 25.8. The van der Waals surface area contributed by atoms with E-state index >= 15 is 0 Å². The van der Waals surface area contributed by atoms with E-state index in [9.17, 15) is 9.59 Å². The summed E-state index contributed by atoms with van der Waals surface area (Å²) in [6.07, 6.45) is 3.47. The van der Waals surface area contributed by atoms with Crippen molar-refractivity contribution in [2.75, 3.05) is 27.9 Å². The number of aromatic nitrogens is 1. The van der Waals surface area contributed by atoms with Crippen LogP contribution in [-0.4, -0.2) is 38.5 Å². The second-order valence-electron chi connectivity index (χ2n) is 7.86. The quantitative estimate of drug-likeness (QED) is 0.345. The number of benzene rings is 2. The standard InChI is InChI=1S/C27H26N2O6S/c1-6-13-35-19-10-7-17(8-11-19)14-22-25(30)29-24(18-9-12-20(32-3)21(15-18)33-4)23(26(31)34-5)16(2)28-27(29)36-22/h6-12,14-15,24H,1,13H2,2-5H3/b22-14-. The van der Waals surface area contributed by atoms with Crippen molar-refractivity contribution in [3.63, 3.8) is 0 Å². The third-order valence-corrected chi connectivity index (χ3v) is 6.68. The highest BCUT2D eigenvalue weighted by Gasteiger charge is 2.33. The molecule has 1 aliphatic heterocycles. The summed E-state index contributed by atoms with van der Waals surface area (Å²) < 4.78 is 23.4. The highest BCUT2D eigenvalue weighted by Crippen LogP contribution is 2.35. The molecule has 0 spiro atoms. The fourth-order valence-electron chi connectivity index (χ4n) is 4.00. The van der Waals surface area contributed by atoms with Crippen molar-refractivity contribution in [1.29, 1.82) is 0 Å². The maximum Gasteiger partial charge on any atom is 0.338 e. The van der Waals surface area contributed by atoms with Crippen LogP contribution in [0.3, 0.4) is 0 Å². The average Bonchev–Trinajstić information content (AvgIpc) is 3.20. The molecule has 1 aliphatic rings. The predicted molar refractivity (Wildman–Crippen MR) is 137 cm³/mol. The summed E-state index contributed by atoms with van der Waals surface area (Å²) in [4.78, 5) is 31.6. The van der Waals surface area contributed by atoms with E-state index in [-0.39, 0.29) is 11.1 Å². The van der Waals surface area contributed by atoms with E-state index in [1.165, 1.54) is 30.1 Å². The molecule has 1 aromatic heterocycles. The number of nitrogens with zero attached hydrogens (tertiary/aromatic N) is 2. The summed E-state index contributed by atoms with van der Waals surface area (Å²) in [7, 11) is 4.38. The first-order valence-electron chi connectivity index (χ1n) is 11.1. The van der Waals surface area contributed by atoms with Crippen LogP contribution in [0.2, 0.25) is 0 Å². The summed E-state index contributed by atoms with van der Waals surface area (Å²) in [5.74, 6) is 1.17. The number of esters is 1. The lowest BCUT2D eigenvalue weighted by Crippen LogP contribution is -2.39. The number of thiazole rings is 1. The Bertz CT molecular complexity index is 1520. The van der Waals surface area contributed by atoms with Gasteiger partial charge in [-0.1, -0.05) is 42.2 Å². The number of hydrogen-bond acceptors (Lipinski definition) is 8. The van der Waals surface area contributed by atoms with E-state index in [1.807, 2.05) is 24.3 Å². The van der Waals surface area contributed by atoms with E-state index in [0.29, 0.717) is 44.4 Å². The molecule has 9 heteroatoms. The molecule has 0 radical (unpaired) electrons. The minimum absolute atomic E-state index is 0.264. The van der Waals surface area contributed by atoms with Crippen LogP contribution in [0.5, 0.6) is 17.2 Å². The first-order valence-corrected chi connectivity index (χ1v) is 11.9. The molecule has 2 aromatic carbocycles. The molecular formula is C27H26N2O6S. The molecule has 2 heterocycles. The summed E-state index contributed by atoms with van der Waals surface area (Å²) >= 11 is 1.26. The molecule has 1 atom stereocenters. The first kappa shape index (κ1) is 25.0. The minimum atomic E-state index is -0.745. The van der Waals surface area contributed by atoms with Gasteiger partial charge in [0.25, 0.3) is 5.56 Å². The Morgan fingerprint density at radius 3 is 2.47 bits per heavy atom. The summed E-state index contributed by atoms with van der Waals surface area (Å²) in [5.41, 5.74) is 2.00. The monoisotopic (exact) mass is 506 g/mol. The van der Waals surface area contributed by atoms with Gasteiger partial charge in [0.1, 0.15) is 12.4 Å². The minimum Gasteiger partial charge on any atom is -0.493 e. The molecule has 0 aliphatic carbocycles. The third kappa shape index (κ3) is 4.70. The van der Waals surface area contributed by atoms with Crippen molar-refractivity contribution in [1.82, 2.24) is 4.57 Å². The van der Waals surface area contributed by atoms with Crippen LogP contribution in [0, 0.1) is 0 Å². The van der Waals surface area contributed by atoms with E-state index in [4.69, 9.17) is 18.9 Å². The fourth-order valence-corrected chi connectivity index (χ4v) is 5.04. The van der Waals surface area contributed by atoms with Crippen molar-refractivity contribution < 1.29 is 23.7 Å². The Morgan fingerprint density at radius 1 is 1.11 bits per heavy atom. The van der Waals surface area contributed by atoms with Crippen LogP contribution in [0.1, 0.15) is 24.1 Å². The van der Waals surface area contributed by atoms with E-state index in [2.05, 4.69) is 11.6 Å². The number of fused-ring (bicyclic) bond motifs is 1. The van der Waals surface area contributed by atoms with Gasteiger partial charge in [0.15, 0.2) is 16.3 Å². The molecular weight excluding hydrogens is 480 g/mol. The number of ether oxygens (including phenoxy) is 4. The molecule has 0 amide bonds. The van der Waals surface area contributed by atoms with Crippen LogP contribution in [0.25, 0.3) is 6.08 Å². The molecule has 186 valence electrons. The van der Waals surface area contributed by atoms with E-state index in [1.54, 1.807) is 44.4 Å². The molecule has 8 nitrogen and oxygen atoms in total. The highest BCUT2D eigenvalue weighted by molar-refractivity contribution is 7.07. The lowest BCUT2D eigenvalue weighted by Gasteiger charge is -2.25. The van der Waals surface area contributed by atoms with E-state index < -0.39 is 12.0 Å². The van der Waals surface area contributed by atoms with Gasteiger partial charge in [-0.3, -0.25) is 9.36 Å². The van der Waals surface area contributed by atoms with Crippen molar-refractivity contribution in [2.24, 2.45) is 4.99 Å². The van der Waals surface area contributed by atoms with Crippen LogP contribution in [-0.2, 0) is 9.53 Å². The van der Waals surface area contributed by atoms with Crippen molar-refractivity contribution in [3.8, 4) is 17.2 Å². The lowest BCUT2D eigenvalue weighted by atomic mass is 9.95. The summed E-state index contributed by atoms with van der Waals surface area (Å²) in [6, 6.07) is 11.9. The number of methoxy groups -OCH3 is 3. The predicted octanol–water partition coefficient (Wildman–Crippen LogP) is 2.99.